The molecular weight excluding hydrogens is 258 g/mol. The van der Waals surface area contributed by atoms with Crippen molar-refractivity contribution in [1.82, 2.24) is 10.4 Å². The molecule has 3 N–H and O–H groups in total. The van der Waals surface area contributed by atoms with Crippen molar-refractivity contribution in [3.8, 4) is 0 Å². The summed E-state index contributed by atoms with van der Waals surface area (Å²) in [5, 5.41) is 1.19. The molecule has 3 heteroatoms. The summed E-state index contributed by atoms with van der Waals surface area (Å²) in [4.78, 5) is 4.39. The zero-order chi connectivity index (χ0) is 14.8. The largest absolute Gasteiger partial charge is 0.271 e. The highest BCUT2D eigenvalue weighted by Crippen LogP contribution is 2.39. The standard InChI is InChI=1S/C18H25N3/c1-12-5-6-15(10-13(12)2)18(21-19)16-7-8-17-14(11-16)4-3-9-20-17/h3-4,7-9,11-13,15,18,21H,5-6,10,19H2,1-2H3. The Balaban J connectivity index is 1.87. The highest BCUT2D eigenvalue weighted by Gasteiger charge is 2.30. The van der Waals surface area contributed by atoms with Crippen LogP contribution in [0.3, 0.4) is 0 Å². The Morgan fingerprint density at radius 2 is 2.05 bits per heavy atom. The Labute approximate surface area is 126 Å². The maximum Gasteiger partial charge on any atom is 0.0702 e. The smallest absolute Gasteiger partial charge is 0.0702 e. The molecule has 21 heavy (non-hydrogen) atoms. The van der Waals surface area contributed by atoms with Gasteiger partial charge in [0.05, 0.1) is 5.52 Å². The first kappa shape index (κ1) is 14.5. The van der Waals surface area contributed by atoms with Gasteiger partial charge in [0.2, 0.25) is 0 Å². The summed E-state index contributed by atoms with van der Waals surface area (Å²) in [5.74, 6) is 8.13. The van der Waals surface area contributed by atoms with Gasteiger partial charge >= 0.3 is 0 Å². The number of hydrogen-bond donors (Lipinski definition) is 2. The zero-order valence-electron chi connectivity index (χ0n) is 12.9. The van der Waals surface area contributed by atoms with Crippen LogP contribution >= 0.6 is 0 Å². The predicted octanol–water partition coefficient (Wildman–Crippen LogP) is 3.81. The number of hydrogen-bond acceptors (Lipinski definition) is 3. The van der Waals surface area contributed by atoms with Crippen molar-refractivity contribution in [1.29, 1.82) is 0 Å². The van der Waals surface area contributed by atoms with Gasteiger partial charge in [0, 0.05) is 17.6 Å². The Kier molecular flexibility index (Phi) is 4.22. The second kappa shape index (κ2) is 6.12. The van der Waals surface area contributed by atoms with E-state index < -0.39 is 0 Å². The van der Waals surface area contributed by atoms with Crippen LogP contribution in [0.25, 0.3) is 10.9 Å². The molecule has 0 amide bonds. The number of nitrogens with zero attached hydrogens (tertiary/aromatic N) is 1. The first-order valence-electron chi connectivity index (χ1n) is 8.00. The van der Waals surface area contributed by atoms with E-state index in [2.05, 4.69) is 48.5 Å². The third kappa shape index (κ3) is 2.94. The third-order valence-corrected chi connectivity index (χ3v) is 5.28. The molecule has 1 aromatic heterocycles. The van der Waals surface area contributed by atoms with Crippen LogP contribution in [-0.2, 0) is 0 Å². The van der Waals surface area contributed by atoms with E-state index in [1.807, 2.05) is 12.3 Å². The van der Waals surface area contributed by atoms with Crippen molar-refractivity contribution >= 4 is 10.9 Å². The Morgan fingerprint density at radius 1 is 1.19 bits per heavy atom. The molecule has 4 unspecified atom stereocenters. The molecule has 1 saturated carbocycles. The van der Waals surface area contributed by atoms with Gasteiger partial charge in [0.1, 0.15) is 0 Å². The normalized spacial score (nSPS) is 27.7. The van der Waals surface area contributed by atoms with E-state index in [-0.39, 0.29) is 6.04 Å². The van der Waals surface area contributed by atoms with E-state index in [0.29, 0.717) is 5.92 Å². The van der Waals surface area contributed by atoms with Crippen molar-refractivity contribution in [2.24, 2.45) is 23.6 Å². The van der Waals surface area contributed by atoms with Gasteiger partial charge in [-0.25, -0.2) is 0 Å². The highest BCUT2D eigenvalue weighted by molar-refractivity contribution is 5.79. The number of nitrogens with one attached hydrogen (secondary N) is 1. The van der Waals surface area contributed by atoms with Crippen molar-refractivity contribution in [3.63, 3.8) is 0 Å². The Morgan fingerprint density at radius 3 is 2.81 bits per heavy atom. The maximum atomic E-state index is 5.89. The number of pyridine rings is 1. The summed E-state index contributed by atoms with van der Waals surface area (Å²) in [6.07, 6.45) is 5.65. The van der Waals surface area contributed by atoms with Gasteiger partial charge in [-0.3, -0.25) is 16.3 Å². The fraction of sp³-hybridized carbons (Fsp3) is 0.500. The summed E-state index contributed by atoms with van der Waals surface area (Å²) in [5.41, 5.74) is 5.39. The summed E-state index contributed by atoms with van der Waals surface area (Å²) in [6.45, 7) is 4.74. The first-order valence-corrected chi connectivity index (χ1v) is 8.00. The Bertz CT molecular complexity index is 610. The molecular formula is C18H25N3. The van der Waals surface area contributed by atoms with Gasteiger partial charge in [-0.1, -0.05) is 32.4 Å². The van der Waals surface area contributed by atoms with Crippen molar-refractivity contribution in [3.05, 3.63) is 42.1 Å². The number of rotatable bonds is 3. The van der Waals surface area contributed by atoms with Crippen LogP contribution in [0.5, 0.6) is 0 Å². The minimum Gasteiger partial charge on any atom is -0.271 e. The van der Waals surface area contributed by atoms with Gasteiger partial charge in [-0.2, -0.15) is 0 Å². The molecule has 3 rings (SSSR count). The van der Waals surface area contributed by atoms with Gasteiger partial charge in [-0.15, -0.1) is 0 Å². The molecule has 1 heterocycles. The van der Waals surface area contributed by atoms with E-state index in [1.54, 1.807) is 0 Å². The summed E-state index contributed by atoms with van der Waals surface area (Å²) >= 11 is 0. The van der Waals surface area contributed by atoms with Crippen LogP contribution in [0.15, 0.2) is 36.5 Å². The van der Waals surface area contributed by atoms with Crippen LogP contribution in [-0.4, -0.2) is 4.98 Å². The molecule has 1 aromatic carbocycles. The minimum absolute atomic E-state index is 0.240. The lowest BCUT2D eigenvalue weighted by molar-refractivity contribution is 0.171. The first-order chi connectivity index (χ1) is 10.2. The summed E-state index contributed by atoms with van der Waals surface area (Å²) < 4.78 is 0. The number of benzene rings is 1. The molecule has 1 aliphatic carbocycles. The fourth-order valence-electron chi connectivity index (χ4n) is 3.68. The second-order valence-electron chi connectivity index (χ2n) is 6.63. The highest BCUT2D eigenvalue weighted by atomic mass is 15.2. The molecule has 2 aromatic rings. The SMILES string of the molecule is CC1CCC(C(NN)c2ccc3ncccc3c2)CC1C. The molecule has 0 radical (unpaired) electrons. The van der Waals surface area contributed by atoms with E-state index in [0.717, 1.165) is 17.4 Å². The number of fused-ring (bicyclic) bond motifs is 1. The van der Waals surface area contributed by atoms with Gasteiger partial charge < -0.3 is 0 Å². The second-order valence-corrected chi connectivity index (χ2v) is 6.63. The minimum atomic E-state index is 0.240. The van der Waals surface area contributed by atoms with Crippen LogP contribution in [0, 0.1) is 17.8 Å². The van der Waals surface area contributed by atoms with Gasteiger partial charge in [0.15, 0.2) is 0 Å². The average Bonchev–Trinajstić information content (AvgIpc) is 2.51. The summed E-state index contributed by atoms with van der Waals surface area (Å²) in [6, 6.07) is 10.8. The monoisotopic (exact) mass is 283 g/mol. The lowest BCUT2D eigenvalue weighted by atomic mass is 9.72. The third-order valence-electron chi connectivity index (χ3n) is 5.28. The summed E-state index contributed by atoms with van der Waals surface area (Å²) in [7, 11) is 0. The lowest BCUT2D eigenvalue weighted by Crippen LogP contribution is -2.36. The lowest BCUT2D eigenvalue weighted by Gasteiger charge is -2.36. The predicted molar refractivity (Wildman–Crippen MR) is 87.5 cm³/mol. The molecule has 1 fully saturated rings. The number of aromatic nitrogens is 1. The molecule has 4 atom stereocenters. The van der Waals surface area contributed by atoms with Gasteiger partial charge in [-0.05, 0) is 54.4 Å². The van der Waals surface area contributed by atoms with Crippen LogP contribution < -0.4 is 11.3 Å². The molecule has 0 saturated heterocycles. The fourth-order valence-corrected chi connectivity index (χ4v) is 3.68. The van der Waals surface area contributed by atoms with Crippen LogP contribution in [0.4, 0.5) is 0 Å². The van der Waals surface area contributed by atoms with Crippen molar-refractivity contribution in [2.75, 3.05) is 0 Å². The van der Waals surface area contributed by atoms with Crippen molar-refractivity contribution < 1.29 is 0 Å². The molecule has 0 aliphatic heterocycles. The van der Waals surface area contributed by atoms with Crippen molar-refractivity contribution in [2.45, 2.75) is 39.2 Å². The Hall–Kier alpha value is -1.45. The van der Waals surface area contributed by atoms with E-state index in [4.69, 9.17) is 5.84 Å². The van der Waals surface area contributed by atoms with E-state index >= 15 is 0 Å². The molecule has 1 aliphatic rings. The number of hydrazine groups is 1. The number of nitrogens with two attached hydrogens (primary N) is 1. The van der Waals surface area contributed by atoms with E-state index in [1.165, 1.54) is 30.2 Å². The molecule has 112 valence electrons. The van der Waals surface area contributed by atoms with Gasteiger partial charge in [0.25, 0.3) is 0 Å². The molecule has 3 nitrogen and oxygen atoms in total. The maximum absolute atomic E-state index is 5.89. The van der Waals surface area contributed by atoms with E-state index in [9.17, 15) is 0 Å². The molecule has 0 spiro atoms. The van der Waals surface area contributed by atoms with Crippen LogP contribution in [0.1, 0.15) is 44.7 Å². The topological polar surface area (TPSA) is 50.9 Å². The zero-order valence-corrected chi connectivity index (χ0v) is 12.9. The molecule has 0 bridgehead atoms. The quantitative estimate of drug-likeness (QED) is 0.665. The average molecular weight is 283 g/mol. The van der Waals surface area contributed by atoms with Crippen LogP contribution in [0.2, 0.25) is 0 Å².